The summed E-state index contributed by atoms with van der Waals surface area (Å²) < 4.78 is 4.10. The molecule has 0 radical (unpaired) electrons. The van der Waals surface area contributed by atoms with Crippen LogP contribution in [0.5, 0.6) is 0 Å². The summed E-state index contributed by atoms with van der Waals surface area (Å²) in [5.41, 5.74) is -0.0114. The molecule has 0 amide bonds. The molecule has 0 saturated carbocycles. The summed E-state index contributed by atoms with van der Waals surface area (Å²) >= 11 is 0. The van der Waals surface area contributed by atoms with E-state index in [0.717, 1.165) is 4.57 Å². The van der Waals surface area contributed by atoms with Gasteiger partial charge in [0.25, 0.3) is 5.56 Å². The Hall–Kier alpha value is -1.89. The molecule has 0 saturated heterocycles. The lowest BCUT2D eigenvalue weighted by Crippen LogP contribution is -2.37. The molecule has 0 aliphatic heterocycles. The minimum Gasteiger partial charge on any atom is -0.393 e. The Morgan fingerprint density at radius 3 is 2.47 bits per heavy atom. The maximum Gasteiger partial charge on any atom is 0.332 e. The third kappa shape index (κ3) is 2.10. The van der Waals surface area contributed by atoms with Gasteiger partial charge in [0, 0.05) is 20.6 Å². The van der Waals surface area contributed by atoms with E-state index < -0.39 is 11.8 Å². The van der Waals surface area contributed by atoms with Gasteiger partial charge in [-0.25, -0.2) is 9.78 Å². The number of fused-ring (bicyclic) bond motifs is 1. The zero-order valence-electron chi connectivity index (χ0n) is 11.5. The van der Waals surface area contributed by atoms with Crippen molar-refractivity contribution in [3.63, 3.8) is 0 Å². The molecule has 2 heterocycles. The highest BCUT2D eigenvalue weighted by molar-refractivity contribution is 5.69. The van der Waals surface area contributed by atoms with Crippen molar-refractivity contribution in [2.45, 2.75) is 26.5 Å². The molecule has 2 aromatic rings. The summed E-state index contributed by atoms with van der Waals surface area (Å²) in [6.07, 6.45) is 1.05. The first-order valence-corrected chi connectivity index (χ1v) is 6.13. The molecule has 2 atom stereocenters. The average Bonchev–Trinajstić information content (AvgIpc) is 2.77. The second-order valence-electron chi connectivity index (χ2n) is 4.99. The number of aromatic nitrogens is 4. The van der Waals surface area contributed by atoms with E-state index in [1.54, 1.807) is 18.5 Å². The van der Waals surface area contributed by atoms with Gasteiger partial charge < -0.3 is 9.67 Å². The lowest BCUT2D eigenvalue weighted by Gasteiger charge is -2.15. The predicted molar refractivity (Wildman–Crippen MR) is 71.1 cm³/mol. The number of imidazole rings is 1. The molecule has 0 aliphatic rings. The maximum atomic E-state index is 12.2. The second kappa shape index (κ2) is 4.65. The van der Waals surface area contributed by atoms with Crippen molar-refractivity contribution in [2.24, 2.45) is 20.0 Å². The van der Waals surface area contributed by atoms with E-state index in [4.69, 9.17) is 0 Å². The van der Waals surface area contributed by atoms with Gasteiger partial charge >= 0.3 is 5.69 Å². The van der Waals surface area contributed by atoms with Crippen LogP contribution in [0.15, 0.2) is 15.9 Å². The summed E-state index contributed by atoms with van der Waals surface area (Å²) in [5.74, 6) is -0.0145. The summed E-state index contributed by atoms with van der Waals surface area (Å²) in [7, 11) is 3.03. The third-order valence-corrected chi connectivity index (χ3v) is 3.53. The zero-order chi connectivity index (χ0) is 14.3. The van der Waals surface area contributed by atoms with Crippen molar-refractivity contribution in [3.05, 3.63) is 27.2 Å². The number of rotatable bonds is 3. The van der Waals surface area contributed by atoms with Crippen molar-refractivity contribution < 1.29 is 5.11 Å². The van der Waals surface area contributed by atoms with Gasteiger partial charge in [-0.1, -0.05) is 6.92 Å². The molecular weight excluding hydrogens is 248 g/mol. The molecule has 1 N–H and O–H groups in total. The van der Waals surface area contributed by atoms with Crippen LogP contribution in [0.4, 0.5) is 0 Å². The van der Waals surface area contributed by atoms with Crippen LogP contribution in [0.3, 0.4) is 0 Å². The largest absolute Gasteiger partial charge is 0.393 e. The van der Waals surface area contributed by atoms with E-state index in [1.165, 1.54) is 17.9 Å². The van der Waals surface area contributed by atoms with E-state index in [1.807, 2.05) is 6.92 Å². The van der Waals surface area contributed by atoms with Crippen LogP contribution < -0.4 is 11.2 Å². The number of aliphatic hydroxyl groups excluding tert-OH is 1. The molecule has 0 aliphatic carbocycles. The fourth-order valence-electron chi connectivity index (χ4n) is 2.00. The number of aliphatic hydroxyl groups is 1. The van der Waals surface area contributed by atoms with E-state index >= 15 is 0 Å². The normalized spacial score (nSPS) is 14.8. The molecule has 7 nitrogen and oxygen atoms in total. The van der Waals surface area contributed by atoms with Crippen LogP contribution in [-0.4, -0.2) is 29.9 Å². The highest BCUT2D eigenvalue weighted by atomic mass is 16.3. The van der Waals surface area contributed by atoms with Crippen molar-refractivity contribution in [1.29, 1.82) is 0 Å². The van der Waals surface area contributed by atoms with E-state index in [2.05, 4.69) is 4.98 Å². The first kappa shape index (κ1) is 13.5. The Morgan fingerprint density at radius 1 is 1.26 bits per heavy atom. The van der Waals surface area contributed by atoms with Crippen LogP contribution in [-0.2, 0) is 20.6 Å². The summed E-state index contributed by atoms with van der Waals surface area (Å²) in [6.45, 7) is 4.07. The molecule has 19 heavy (non-hydrogen) atoms. The molecule has 0 fully saturated rings. The lowest BCUT2D eigenvalue weighted by atomic mass is 10.1. The third-order valence-electron chi connectivity index (χ3n) is 3.53. The Kier molecular flexibility index (Phi) is 3.32. The van der Waals surface area contributed by atoms with Gasteiger partial charge in [0.2, 0.25) is 0 Å². The highest BCUT2D eigenvalue weighted by Crippen LogP contribution is 2.11. The minimum atomic E-state index is -0.478. The van der Waals surface area contributed by atoms with Gasteiger partial charge in [0.15, 0.2) is 11.2 Å². The first-order chi connectivity index (χ1) is 8.84. The van der Waals surface area contributed by atoms with Gasteiger partial charge in [-0.3, -0.25) is 13.9 Å². The fourth-order valence-corrected chi connectivity index (χ4v) is 2.00. The Morgan fingerprint density at radius 2 is 1.89 bits per heavy atom. The average molecular weight is 266 g/mol. The second-order valence-corrected chi connectivity index (χ2v) is 4.99. The topological polar surface area (TPSA) is 82.1 Å². The van der Waals surface area contributed by atoms with Crippen LogP contribution in [0, 0.1) is 5.92 Å². The number of hydrogen-bond acceptors (Lipinski definition) is 4. The number of nitrogens with zero attached hydrogens (tertiary/aromatic N) is 4. The first-order valence-electron chi connectivity index (χ1n) is 6.13. The fraction of sp³-hybridized carbons (Fsp3) is 0.583. The summed E-state index contributed by atoms with van der Waals surface area (Å²) in [6, 6.07) is 0. The highest BCUT2D eigenvalue weighted by Gasteiger charge is 2.17. The Balaban J connectivity index is 2.67. The van der Waals surface area contributed by atoms with Gasteiger partial charge in [-0.05, 0) is 12.8 Å². The van der Waals surface area contributed by atoms with E-state index in [0.29, 0.717) is 17.7 Å². The molecule has 2 rings (SSSR count). The summed E-state index contributed by atoms with van der Waals surface area (Å²) in [4.78, 5) is 28.1. The van der Waals surface area contributed by atoms with Crippen LogP contribution in [0.25, 0.3) is 11.2 Å². The predicted octanol–water partition coefficient (Wildman–Crippen LogP) is -0.549. The SMILES string of the molecule is CC(O)C(C)Cn1cnc2c1c(=O)n(C)c(=O)n2C. The molecule has 2 aromatic heterocycles. The Labute approximate surface area is 109 Å². The van der Waals surface area contributed by atoms with Gasteiger partial charge in [0.1, 0.15) is 0 Å². The smallest absolute Gasteiger partial charge is 0.332 e. The molecule has 0 bridgehead atoms. The molecular formula is C12H18N4O3. The molecule has 0 aromatic carbocycles. The van der Waals surface area contributed by atoms with Crippen LogP contribution in [0.1, 0.15) is 13.8 Å². The van der Waals surface area contributed by atoms with Crippen molar-refractivity contribution in [2.75, 3.05) is 0 Å². The van der Waals surface area contributed by atoms with E-state index in [9.17, 15) is 14.7 Å². The monoisotopic (exact) mass is 266 g/mol. The van der Waals surface area contributed by atoms with Crippen LogP contribution in [0.2, 0.25) is 0 Å². The lowest BCUT2D eigenvalue weighted by molar-refractivity contribution is 0.125. The quantitative estimate of drug-likeness (QED) is 0.808. The number of hydrogen-bond donors (Lipinski definition) is 1. The molecule has 7 heteroatoms. The molecule has 0 spiro atoms. The number of aryl methyl sites for hydroxylation is 1. The van der Waals surface area contributed by atoms with Gasteiger partial charge in [0.05, 0.1) is 12.4 Å². The standard InChI is InChI=1S/C12H18N4O3/c1-7(8(2)17)5-16-6-13-10-9(16)11(18)15(4)12(19)14(10)3/h6-8,17H,5H2,1-4H3. The zero-order valence-corrected chi connectivity index (χ0v) is 11.5. The van der Waals surface area contributed by atoms with Crippen molar-refractivity contribution in [1.82, 2.24) is 18.7 Å². The minimum absolute atomic E-state index is 0.0145. The van der Waals surface area contributed by atoms with Crippen LogP contribution >= 0.6 is 0 Å². The molecule has 104 valence electrons. The molecule has 2 unspecified atom stereocenters. The Bertz CT molecular complexity index is 723. The van der Waals surface area contributed by atoms with Crippen molar-refractivity contribution in [3.8, 4) is 0 Å². The van der Waals surface area contributed by atoms with Gasteiger partial charge in [-0.15, -0.1) is 0 Å². The summed E-state index contributed by atoms with van der Waals surface area (Å²) in [5, 5.41) is 9.54. The maximum absolute atomic E-state index is 12.2. The van der Waals surface area contributed by atoms with Crippen molar-refractivity contribution >= 4 is 11.2 Å². The van der Waals surface area contributed by atoms with Gasteiger partial charge in [-0.2, -0.15) is 0 Å². The van der Waals surface area contributed by atoms with E-state index in [-0.39, 0.29) is 11.5 Å².